The van der Waals surface area contributed by atoms with Crippen LogP contribution in [-0.4, -0.2) is 14.5 Å². The fourth-order valence-corrected chi connectivity index (χ4v) is 3.14. The first-order valence-electron chi connectivity index (χ1n) is 6.68. The molecule has 0 amide bonds. The molecule has 0 saturated carbocycles. The number of phenols is 1. The number of hydrogen-bond donors (Lipinski definition) is 1. The van der Waals surface area contributed by atoms with Crippen LogP contribution < -0.4 is 5.56 Å². The summed E-state index contributed by atoms with van der Waals surface area (Å²) in [7, 11) is 0. The lowest BCUT2D eigenvalue weighted by Gasteiger charge is -2.06. The highest BCUT2D eigenvalue weighted by Crippen LogP contribution is 2.36. The Balaban J connectivity index is 2.25. The molecule has 21 heavy (non-hydrogen) atoms. The summed E-state index contributed by atoms with van der Waals surface area (Å²) in [6.45, 7) is 0.936. The molecule has 1 aromatic carbocycles. The molecule has 7 heteroatoms. The Morgan fingerprint density at radius 3 is 2.43 bits per heavy atom. The summed E-state index contributed by atoms with van der Waals surface area (Å²) in [6.07, 6.45) is 2.62. The van der Waals surface area contributed by atoms with Gasteiger partial charge in [-0.1, -0.05) is 23.2 Å². The number of fused-ring (bicyclic) bond motifs is 1. The molecule has 2 heterocycles. The largest absolute Gasteiger partial charge is 0.506 e. The smallest absolute Gasteiger partial charge is 0.277 e. The number of aromatic nitrogens is 2. The van der Waals surface area contributed by atoms with Gasteiger partial charge in [-0.25, -0.2) is 4.68 Å². The van der Waals surface area contributed by atoms with Gasteiger partial charge in [-0.15, -0.1) is 0 Å². The number of phenolic OH excluding ortho intramolecular Hbond substituents is 1. The Morgan fingerprint density at radius 2 is 1.71 bits per heavy atom. The number of hydrogen-bond acceptors (Lipinski definition) is 2. The molecule has 3 rings (SSSR count). The molecule has 1 aliphatic rings. The minimum atomic E-state index is -0.620. The summed E-state index contributed by atoms with van der Waals surface area (Å²) in [5.74, 6) is -0.855. The van der Waals surface area contributed by atoms with E-state index < -0.39 is 11.5 Å². The minimum Gasteiger partial charge on any atom is -0.506 e. The molecule has 0 saturated heterocycles. The molecule has 0 unspecified atom stereocenters. The summed E-state index contributed by atoms with van der Waals surface area (Å²) in [5.41, 5.74) is -0.388. The van der Waals surface area contributed by atoms with Crippen molar-refractivity contribution in [2.45, 2.75) is 32.4 Å². The zero-order chi connectivity index (χ0) is 15.1. The zero-order valence-electron chi connectivity index (χ0n) is 11.1. The Hall–Kier alpha value is -1.46. The summed E-state index contributed by atoms with van der Waals surface area (Å²) >= 11 is 11.8. The van der Waals surface area contributed by atoms with E-state index in [2.05, 4.69) is 0 Å². The molecular weight excluding hydrogens is 318 g/mol. The molecular formula is C14H13Cl2FN2O2. The van der Waals surface area contributed by atoms with Crippen LogP contribution >= 0.6 is 23.2 Å². The van der Waals surface area contributed by atoms with Crippen molar-refractivity contribution >= 4 is 23.2 Å². The normalized spacial score (nSPS) is 14.8. The fourth-order valence-electron chi connectivity index (χ4n) is 2.66. The first kappa shape index (κ1) is 14.5. The number of nitrogens with zero attached hydrogens (tertiary/aromatic N) is 2. The topological polar surface area (TPSA) is 47.2 Å². The SMILES string of the molecule is O=c1c(-c2cc(O)c(Cl)cc2Cl)c(F)n2n1CCCCC2. The first-order valence-corrected chi connectivity index (χ1v) is 7.43. The molecule has 0 bridgehead atoms. The van der Waals surface area contributed by atoms with Crippen LogP contribution in [0.25, 0.3) is 11.1 Å². The highest BCUT2D eigenvalue weighted by molar-refractivity contribution is 6.37. The molecule has 1 aromatic heterocycles. The molecule has 0 aliphatic carbocycles. The van der Waals surface area contributed by atoms with Crippen LogP contribution in [0.4, 0.5) is 4.39 Å². The third kappa shape index (κ3) is 2.34. The van der Waals surface area contributed by atoms with Gasteiger partial charge in [-0.05, 0) is 31.4 Å². The number of aromatic hydroxyl groups is 1. The van der Waals surface area contributed by atoms with Gasteiger partial charge in [0.1, 0.15) is 11.3 Å². The maximum atomic E-state index is 14.6. The highest BCUT2D eigenvalue weighted by Gasteiger charge is 2.24. The number of halogens is 3. The van der Waals surface area contributed by atoms with Gasteiger partial charge in [-0.3, -0.25) is 9.48 Å². The summed E-state index contributed by atoms with van der Waals surface area (Å²) < 4.78 is 17.4. The zero-order valence-corrected chi connectivity index (χ0v) is 12.6. The number of rotatable bonds is 1. The van der Waals surface area contributed by atoms with Crippen molar-refractivity contribution in [3.63, 3.8) is 0 Å². The van der Waals surface area contributed by atoms with Crippen molar-refractivity contribution in [3.05, 3.63) is 38.5 Å². The van der Waals surface area contributed by atoms with Crippen LogP contribution in [0.1, 0.15) is 19.3 Å². The molecule has 0 radical (unpaired) electrons. The van der Waals surface area contributed by atoms with Crippen molar-refractivity contribution in [1.82, 2.24) is 9.36 Å². The van der Waals surface area contributed by atoms with Gasteiger partial charge in [-0.2, -0.15) is 4.39 Å². The molecule has 1 N–H and O–H groups in total. The van der Waals surface area contributed by atoms with E-state index in [0.29, 0.717) is 13.1 Å². The summed E-state index contributed by atoms with van der Waals surface area (Å²) in [6, 6.07) is 2.53. The van der Waals surface area contributed by atoms with E-state index in [1.807, 2.05) is 0 Å². The van der Waals surface area contributed by atoms with Gasteiger partial charge in [0.2, 0.25) is 5.95 Å². The lowest BCUT2D eigenvalue weighted by atomic mass is 10.1. The lowest BCUT2D eigenvalue weighted by molar-refractivity contribution is 0.393. The maximum absolute atomic E-state index is 14.6. The average Bonchev–Trinajstić information content (AvgIpc) is 2.63. The van der Waals surface area contributed by atoms with Gasteiger partial charge >= 0.3 is 0 Å². The van der Waals surface area contributed by atoms with Crippen LogP contribution in [0.3, 0.4) is 0 Å². The van der Waals surface area contributed by atoms with Crippen LogP contribution in [0.5, 0.6) is 5.75 Å². The Bertz CT molecular complexity index is 767. The van der Waals surface area contributed by atoms with E-state index in [1.54, 1.807) is 0 Å². The Morgan fingerprint density at radius 1 is 1.05 bits per heavy atom. The van der Waals surface area contributed by atoms with Gasteiger partial charge in [0.25, 0.3) is 5.56 Å². The third-order valence-electron chi connectivity index (χ3n) is 3.72. The average molecular weight is 331 g/mol. The van der Waals surface area contributed by atoms with Gasteiger partial charge in [0.15, 0.2) is 0 Å². The molecule has 0 fully saturated rings. The molecule has 0 atom stereocenters. The van der Waals surface area contributed by atoms with E-state index in [1.165, 1.54) is 21.5 Å². The quantitative estimate of drug-likeness (QED) is 0.867. The molecule has 2 aromatic rings. The molecule has 0 spiro atoms. The van der Waals surface area contributed by atoms with Crippen molar-refractivity contribution in [2.75, 3.05) is 0 Å². The van der Waals surface area contributed by atoms with Crippen molar-refractivity contribution < 1.29 is 9.50 Å². The van der Waals surface area contributed by atoms with Crippen molar-refractivity contribution in [1.29, 1.82) is 0 Å². The van der Waals surface area contributed by atoms with Crippen molar-refractivity contribution in [2.24, 2.45) is 0 Å². The first-order chi connectivity index (χ1) is 10.0. The second-order valence-corrected chi connectivity index (χ2v) is 5.88. The van der Waals surface area contributed by atoms with Crippen molar-refractivity contribution in [3.8, 4) is 16.9 Å². The standard InChI is InChI=1S/C14H13Cl2FN2O2/c15-9-7-10(16)11(20)6-8(9)12-13(17)18-4-2-1-3-5-19(18)14(12)21/h6-7,20H,1-5H2. The van der Waals surface area contributed by atoms with E-state index in [9.17, 15) is 14.3 Å². The Kier molecular flexibility index (Phi) is 3.71. The van der Waals surface area contributed by atoms with Crippen LogP contribution in [-0.2, 0) is 13.1 Å². The molecule has 4 nitrogen and oxygen atoms in total. The lowest BCUT2D eigenvalue weighted by Crippen LogP contribution is -2.22. The maximum Gasteiger partial charge on any atom is 0.277 e. The third-order valence-corrected chi connectivity index (χ3v) is 4.33. The molecule has 1 aliphatic heterocycles. The molecule has 112 valence electrons. The predicted molar refractivity (Wildman–Crippen MR) is 79.6 cm³/mol. The minimum absolute atomic E-state index is 0.0602. The predicted octanol–water partition coefficient (Wildman–Crippen LogP) is 3.65. The van der Waals surface area contributed by atoms with Crippen LogP contribution in [0, 0.1) is 5.95 Å². The number of benzene rings is 1. The van der Waals surface area contributed by atoms with Gasteiger partial charge in [0.05, 0.1) is 10.0 Å². The second-order valence-electron chi connectivity index (χ2n) is 5.06. The monoisotopic (exact) mass is 330 g/mol. The fraction of sp³-hybridized carbons (Fsp3) is 0.357. The van der Waals surface area contributed by atoms with E-state index >= 15 is 0 Å². The summed E-state index contributed by atoms with van der Waals surface area (Å²) in [4.78, 5) is 12.5. The van der Waals surface area contributed by atoms with E-state index in [0.717, 1.165) is 19.3 Å². The Labute approximate surface area is 130 Å². The van der Waals surface area contributed by atoms with Crippen LogP contribution in [0.15, 0.2) is 16.9 Å². The second kappa shape index (κ2) is 5.39. The van der Waals surface area contributed by atoms with Crippen LogP contribution in [0.2, 0.25) is 10.0 Å². The highest BCUT2D eigenvalue weighted by atomic mass is 35.5. The van der Waals surface area contributed by atoms with E-state index in [-0.39, 0.29) is 26.9 Å². The van der Waals surface area contributed by atoms with Gasteiger partial charge in [0, 0.05) is 18.7 Å². The summed E-state index contributed by atoms with van der Waals surface area (Å²) in [5, 5.41) is 9.88. The van der Waals surface area contributed by atoms with Gasteiger partial charge < -0.3 is 5.11 Å². The van der Waals surface area contributed by atoms with E-state index in [4.69, 9.17) is 23.2 Å².